The molecule has 3 heteroatoms. The zero-order valence-electron chi connectivity index (χ0n) is 11.5. The predicted molar refractivity (Wildman–Crippen MR) is 75.0 cm³/mol. The molecule has 0 spiro atoms. The van der Waals surface area contributed by atoms with Gasteiger partial charge in [-0.2, -0.15) is 0 Å². The van der Waals surface area contributed by atoms with Gasteiger partial charge in [-0.05, 0) is 61.7 Å². The lowest BCUT2D eigenvalue weighted by Crippen LogP contribution is -2.52. The van der Waals surface area contributed by atoms with Gasteiger partial charge in [0.05, 0.1) is 6.54 Å². The molecule has 0 heterocycles. The smallest absolute Gasteiger partial charge is 0.222 e. The van der Waals surface area contributed by atoms with Crippen LogP contribution in [0.2, 0.25) is 0 Å². The highest BCUT2D eigenvalue weighted by atomic mass is 16.1. The monoisotopic (exact) mass is 260 g/mol. The highest BCUT2D eigenvalue weighted by Gasteiger charge is 2.49. The van der Waals surface area contributed by atoms with E-state index >= 15 is 0 Å². The number of carbonyl (C=O) groups excluding carboxylic acids is 1. The summed E-state index contributed by atoms with van der Waals surface area (Å²) in [6.45, 7) is 0.313. The van der Waals surface area contributed by atoms with Crippen LogP contribution in [-0.4, -0.2) is 18.5 Å². The lowest BCUT2D eigenvalue weighted by Gasteiger charge is -2.56. The van der Waals surface area contributed by atoms with Gasteiger partial charge in [0.2, 0.25) is 5.91 Å². The molecule has 1 unspecified atom stereocenters. The molecular weight excluding hydrogens is 236 g/mol. The standard InChI is InChI=1S/C16H24N2O/c1-2-3-18-15(19)9-14(17)16-12-5-10-4-11(7-12)8-13(16)6-10/h1,10-14,16H,3-9,17H2,(H,18,19). The van der Waals surface area contributed by atoms with E-state index in [1.54, 1.807) is 0 Å². The Morgan fingerprint density at radius 1 is 1.21 bits per heavy atom. The zero-order chi connectivity index (χ0) is 13.4. The average molecular weight is 260 g/mol. The van der Waals surface area contributed by atoms with Crippen molar-refractivity contribution in [3.8, 4) is 12.3 Å². The van der Waals surface area contributed by atoms with Gasteiger partial charge in [-0.25, -0.2) is 0 Å². The molecule has 4 rings (SSSR count). The van der Waals surface area contributed by atoms with E-state index in [1.807, 2.05) is 0 Å². The van der Waals surface area contributed by atoms with E-state index in [0.29, 0.717) is 18.9 Å². The lowest BCUT2D eigenvalue weighted by atomic mass is 9.50. The van der Waals surface area contributed by atoms with Crippen LogP contribution in [0.25, 0.3) is 0 Å². The van der Waals surface area contributed by atoms with Crippen LogP contribution in [0.5, 0.6) is 0 Å². The first-order chi connectivity index (χ1) is 9.17. The van der Waals surface area contributed by atoms with Gasteiger partial charge in [0.25, 0.3) is 0 Å². The average Bonchev–Trinajstić information content (AvgIpc) is 2.35. The Bertz CT molecular complexity index is 370. The van der Waals surface area contributed by atoms with Crippen molar-refractivity contribution < 1.29 is 4.79 Å². The molecule has 0 aromatic heterocycles. The van der Waals surface area contributed by atoms with Crippen LogP contribution in [-0.2, 0) is 4.79 Å². The van der Waals surface area contributed by atoms with Gasteiger partial charge >= 0.3 is 0 Å². The Hall–Kier alpha value is -1.01. The summed E-state index contributed by atoms with van der Waals surface area (Å²) in [7, 11) is 0. The van der Waals surface area contributed by atoms with Crippen LogP contribution >= 0.6 is 0 Å². The number of hydrogen-bond acceptors (Lipinski definition) is 2. The van der Waals surface area contributed by atoms with Gasteiger partial charge in [-0.1, -0.05) is 5.92 Å². The first-order valence-corrected chi connectivity index (χ1v) is 7.63. The maximum atomic E-state index is 11.8. The largest absolute Gasteiger partial charge is 0.345 e. The number of rotatable bonds is 4. The minimum atomic E-state index is 0.0132. The lowest BCUT2D eigenvalue weighted by molar-refractivity contribution is -0.122. The number of terminal acetylenes is 1. The Kier molecular flexibility index (Phi) is 3.54. The van der Waals surface area contributed by atoms with E-state index in [4.69, 9.17) is 12.2 Å². The van der Waals surface area contributed by atoms with Crippen molar-refractivity contribution in [3.63, 3.8) is 0 Å². The maximum absolute atomic E-state index is 11.8. The summed E-state index contributed by atoms with van der Waals surface area (Å²) in [6.07, 6.45) is 12.5. The Morgan fingerprint density at radius 2 is 1.79 bits per heavy atom. The molecular formula is C16H24N2O. The third kappa shape index (κ3) is 2.51. The van der Waals surface area contributed by atoms with Crippen LogP contribution in [0, 0.1) is 41.9 Å². The molecule has 3 N–H and O–H groups in total. The fourth-order valence-electron chi connectivity index (χ4n) is 5.24. The highest BCUT2D eigenvalue weighted by molar-refractivity contribution is 5.76. The van der Waals surface area contributed by atoms with E-state index in [-0.39, 0.29) is 11.9 Å². The number of nitrogens with two attached hydrogens (primary N) is 1. The van der Waals surface area contributed by atoms with Crippen molar-refractivity contribution in [1.82, 2.24) is 5.32 Å². The molecule has 4 saturated carbocycles. The summed E-state index contributed by atoms with van der Waals surface area (Å²) in [4.78, 5) is 11.8. The van der Waals surface area contributed by atoms with Crippen molar-refractivity contribution in [2.45, 2.75) is 44.6 Å². The van der Waals surface area contributed by atoms with Crippen LogP contribution in [0.3, 0.4) is 0 Å². The fraction of sp³-hybridized carbons (Fsp3) is 0.812. The molecule has 0 aromatic rings. The number of amides is 1. The SMILES string of the molecule is C#CCNC(=O)CC(N)C1C2CC3CC(C2)CC1C3. The number of carbonyl (C=O) groups is 1. The zero-order valence-corrected chi connectivity index (χ0v) is 11.5. The summed E-state index contributed by atoms with van der Waals surface area (Å²) in [6, 6.07) is 0.0211. The normalized spacial score (nSPS) is 40.7. The first kappa shape index (κ1) is 13.0. The number of hydrogen-bond donors (Lipinski definition) is 2. The van der Waals surface area contributed by atoms with Crippen LogP contribution < -0.4 is 11.1 Å². The van der Waals surface area contributed by atoms with Crippen LogP contribution in [0.15, 0.2) is 0 Å². The molecule has 4 aliphatic carbocycles. The molecule has 4 fully saturated rings. The molecule has 19 heavy (non-hydrogen) atoms. The molecule has 0 radical (unpaired) electrons. The van der Waals surface area contributed by atoms with E-state index in [2.05, 4.69) is 11.2 Å². The van der Waals surface area contributed by atoms with Gasteiger partial charge in [0.15, 0.2) is 0 Å². The second-order valence-electron chi connectivity index (χ2n) is 6.86. The second-order valence-corrected chi connectivity index (χ2v) is 6.86. The topological polar surface area (TPSA) is 55.1 Å². The van der Waals surface area contributed by atoms with Crippen molar-refractivity contribution in [3.05, 3.63) is 0 Å². The van der Waals surface area contributed by atoms with E-state index in [1.165, 1.54) is 32.1 Å². The second kappa shape index (κ2) is 5.17. The van der Waals surface area contributed by atoms with Crippen LogP contribution in [0.4, 0.5) is 0 Å². The molecule has 0 saturated heterocycles. The summed E-state index contributed by atoms with van der Waals surface area (Å²) in [5.74, 6) is 6.50. The van der Waals surface area contributed by atoms with Crippen molar-refractivity contribution in [1.29, 1.82) is 0 Å². The van der Waals surface area contributed by atoms with E-state index in [0.717, 1.165) is 23.7 Å². The summed E-state index contributed by atoms with van der Waals surface area (Å²) in [5, 5.41) is 2.73. The first-order valence-electron chi connectivity index (χ1n) is 7.63. The Balaban J connectivity index is 1.59. The summed E-state index contributed by atoms with van der Waals surface area (Å²) in [5.41, 5.74) is 6.36. The quantitative estimate of drug-likeness (QED) is 0.753. The molecule has 4 bridgehead atoms. The van der Waals surface area contributed by atoms with E-state index < -0.39 is 0 Å². The summed E-state index contributed by atoms with van der Waals surface area (Å²) >= 11 is 0. The minimum absolute atomic E-state index is 0.0132. The minimum Gasteiger partial charge on any atom is -0.345 e. The maximum Gasteiger partial charge on any atom is 0.222 e. The van der Waals surface area contributed by atoms with Gasteiger partial charge in [-0.3, -0.25) is 4.79 Å². The molecule has 4 aliphatic rings. The third-order valence-electron chi connectivity index (χ3n) is 5.60. The molecule has 104 valence electrons. The Morgan fingerprint density at radius 3 is 2.32 bits per heavy atom. The van der Waals surface area contributed by atoms with Crippen LogP contribution in [0.1, 0.15) is 38.5 Å². The summed E-state index contributed by atoms with van der Waals surface area (Å²) < 4.78 is 0. The van der Waals surface area contributed by atoms with Crippen molar-refractivity contribution >= 4 is 5.91 Å². The molecule has 0 aliphatic heterocycles. The predicted octanol–water partition coefficient (Wildman–Crippen LogP) is 1.53. The van der Waals surface area contributed by atoms with Gasteiger partial charge in [0, 0.05) is 12.5 Å². The van der Waals surface area contributed by atoms with Crippen molar-refractivity contribution in [2.24, 2.45) is 35.3 Å². The Labute approximate surface area is 115 Å². The fourth-order valence-corrected chi connectivity index (χ4v) is 5.24. The van der Waals surface area contributed by atoms with Gasteiger partial charge in [-0.15, -0.1) is 6.42 Å². The van der Waals surface area contributed by atoms with Gasteiger partial charge in [0.1, 0.15) is 0 Å². The highest BCUT2D eigenvalue weighted by Crippen LogP contribution is 2.57. The number of nitrogens with one attached hydrogen (secondary N) is 1. The molecule has 3 nitrogen and oxygen atoms in total. The molecule has 0 aromatic carbocycles. The van der Waals surface area contributed by atoms with Crippen molar-refractivity contribution in [2.75, 3.05) is 6.54 Å². The third-order valence-corrected chi connectivity index (χ3v) is 5.60. The molecule has 1 amide bonds. The van der Waals surface area contributed by atoms with E-state index in [9.17, 15) is 4.79 Å². The molecule has 1 atom stereocenters. The van der Waals surface area contributed by atoms with Gasteiger partial charge < -0.3 is 11.1 Å².